The highest BCUT2D eigenvalue weighted by atomic mass is 32.2. The molecule has 0 bridgehead atoms. The Labute approximate surface area is 68.5 Å². The summed E-state index contributed by atoms with van der Waals surface area (Å²) in [5.41, 5.74) is 0. The van der Waals surface area contributed by atoms with Gasteiger partial charge in [-0.3, -0.25) is 4.55 Å². The molecule has 1 unspecified atom stereocenters. The number of ether oxygens (including phenoxy) is 2. The number of rotatable bonds is 7. The zero-order chi connectivity index (χ0) is 8.53. The van der Waals surface area contributed by atoms with Crippen LogP contribution in [0.15, 0.2) is 0 Å². The minimum Gasteiger partial charge on any atom is -0.382 e. The highest BCUT2D eigenvalue weighted by molar-refractivity contribution is 7.77. The molecular weight excluding hydrogens is 170 g/mol. The molecule has 0 heterocycles. The molecule has 0 saturated heterocycles. The number of hydrogen-bond acceptors (Lipinski definition) is 3. The molecule has 6 heteroatoms. The maximum Gasteiger partial charge on any atom is 0.231 e. The van der Waals surface area contributed by atoms with Crippen LogP contribution in [0.1, 0.15) is 0 Å². The van der Waals surface area contributed by atoms with Gasteiger partial charge in [0.15, 0.2) is 0 Å². The predicted octanol–water partition coefficient (Wildman–Crippen LogP) is -0.624. The van der Waals surface area contributed by atoms with E-state index in [1.54, 1.807) is 7.11 Å². The minimum atomic E-state index is -1.93. The fourth-order valence-corrected chi connectivity index (χ4v) is 0.703. The molecule has 0 fully saturated rings. The summed E-state index contributed by atoms with van der Waals surface area (Å²) in [7, 11) is 1.59. The summed E-state index contributed by atoms with van der Waals surface area (Å²) in [5.74, 6) is 0. The van der Waals surface area contributed by atoms with Gasteiger partial charge in [-0.25, -0.2) is 8.93 Å². The van der Waals surface area contributed by atoms with Crippen molar-refractivity contribution in [2.24, 2.45) is 0 Å². The van der Waals surface area contributed by atoms with Crippen molar-refractivity contribution >= 4 is 11.3 Å². The van der Waals surface area contributed by atoms with E-state index in [1.165, 1.54) is 0 Å². The monoisotopic (exact) mass is 183 g/mol. The van der Waals surface area contributed by atoms with Crippen molar-refractivity contribution < 1.29 is 18.2 Å². The molecule has 1 atom stereocenters. The molecule has 0 radical (unpaired) electrons. The van der Waals surface area contributed by atoms with E-state index < -0.39 is 11.3 Å². The van der Waals surface area contributed by atoms with Gasteiger partial charge in [-0.05, 0) is 0 Å². The second-order valence-corrected chi connectivity index (χ2v) is 2.54. The van der Waals surface area contributed by atoms with E-state index >= 15 is 0 Å². The molecule has 5 nitrogen and oxygen atoms in total. The normalized spacial score (nSPS) is 13.3. The van der Waals surface area contributed by atoms with Crippen molar-refractivity contribution in [3.63, 3.8) is 0 Å². The molecule has 0 aliphatic carbocycles. The van der Waals surface area contributed by atoms with Crippen LogP contribution >= 0.6 is 0 Å². The Morgan fingerprint density at radius 2 is 2.18 bits per heavy atom. The largest absolute Gasteiger partial charge is 0.382 e. The zero-order valence-electron chi connectivity index (χ0n) is 6.41. The van der Waals surface area contributed by atoms with Crippen LogP contribution in [0.25, 0.3) is 0 Å². The lowest BCUT2D eigenvalue weighted by molar-refractivity contribution is 0.0736. The SMILES string of the molecule is COCCOCCNS(=O)O. The maximum absolute atomic E-state index is 10.0. The summed E-state index contributed by atoms with van der Waals surface area (Å²) in [6.07, 6.45) is 0. The van der Waals surface area contributed by atoms with Crippen molar-refractivity contribution in [1.29, 1.82) is 0 Å². The van der Waals surface area contributed by atoms with Crippen LogP contribution in [0.5, 0.6) is 0 Å². The van der Waals surface area contributed by atoms with E-state index in [0.717, 1.165) is 0 Å². The molecule has 68 valence electrons. The van der Waals surface area contributed by atoms with Crippen molar-refractivity contribution in [3.8, 4) is 0 Å². The lowest BCUT2D eigenvalue weighted by atomic mass is 10.7. The van der Waals surface area contributed by atoms with Gasteiger partial charge in [0, 0.05) is 13.7 Å². The summed E-state index contributed by atoms with van der Waals surface area (Å²) in [5, 5.41) is 0. The van der Waals surface area contributed by atoms with E-state index in [2.05, 4.69) is 4.72 Å². The number of nitrogens with one attached hydrogen (secondary N) is 1. The van der Waals surface area contributed by atoms with Crippen molar-refractivity contribution in [2.45, 2.75) is 0 Å². The summed E-state index contributed by atoms with van der Waals surface area (Å²) < 4.78 is 30.2. The van der Waals surface area contributed by atoms with Gasteiger partial charge in [0.25, 0.3) is 0 Å². The molecule has 11 heavy (non-hydrogen) atoms. The molecular formula is C5H13NO4S. The summed E-state index contributed by atoms with van der Waals surface area (Å²) in [4.78, 5) is 0. The highest BCUT2D eigenvalue weighted by Gasteiger charge is 1.90. The first kappa shape index (κ1) is 11.0. The first-order valence-corrected chi connectivity index (χ1v) is 4.29. The molecule has 0 saturated carbocycles. The summed E-state index contributed by atoms with van der Waals surface area (Å²) in [6, 6.07) is 0. The number of methoxy groups -OCH3 is 1. The van der Waals surface area contributed by atoms with Gasteiger partial charge in [-0.15, -0.1) is 0 Å². The Hall–Kier alpha value is -0.0100. The van der Waals surface area contributed by atoms with Gasteiger partial charge in [-0.1, -0.05) is 0 Å². The first-order valence-electron chi connectivity index (χ1n) is 3.18. The maximum atomic E-state index is 10.0. The van der Waals surface area contributed by atoms with Crippen LogP contribution in [0.4, 0.5) is 0 Å². The summed E-state index contributed by atoms with van der Waals surface area (Å²) >= 11 is -1.93. The van der Waals surface area contributed by atoms with Crippen LogP contribution in [0, 0.1) is 0 Å². The summed E-state index contributed by atoms with van der Waals surface area (Å²) in [6.45, 7) is 1.83. The molecule has 0 aromatic rings. The first-order chi connectivity index (χ1) is 5.27. The van der Waals surface area contributed by atoms with E-state index in [1.807, 2.05) is 0 Å². The fraction of sp³-hybridized carbons (Fsp3) is 1.00. The lowest BCUT2D eigenvalue weighted by Gasteiger charge is -2.01. The van der Waals surface area contributed by atoms with Gasteiger partial charge in [0.05, 0.1) is 19.8 Å². The number of hydrogen-bond donors (Lipinski definition) is 2. The Bertz CT molecular complexity index is 111. The topological polar surface area (TPSA) is 67.8 Å². The van der Waals surface area contributed by atoms with Crippen LogP contribution < -0.4 is 4.72 Å². The van der Waals surface area contributed by atoms with Gasteiger partial charge < -0.3 is 9.47 Å². The quantitative estimate of drug-likeness (QED) is 0.407. The molecule has 0 aromatic carbocycles. The predicted molar refractivity (Wildman–Crippen MR) is 41.5 cm³/mol. The third-order valence-electron chi connectivity index (χ3n) is 0.904. The van der Waals surface area contributed by atoms with E-state index in [4.69, 9.17) is 14.0 Å². The van der Waals surface area contributed by atoms with Crippen LogP contribution in [-0.2, 0) is 20.7 Å². The smallest absolute Gasteiger partial charge is 0.231 e. The molecule has 0 aliphatic heterocycles. The van der Waals surface area contributed by atoms with E-state index in [9.17, 15) is 4.21 Å². The van der Waals surface area contributed by atoms with Crippen LogP contribution in [-0.4, -0.2) is 42.2 Å². The molecule has 0 aromatic heterocycles. The van der Waals surface area contributed by atoms with Gasteiger partial charge in [-0.2, -0.15) is 0 Å². The third-order valence-corrected chi connectivity index (χ3v) is 1.35. The standard InChI is InChI=1S/C5H13NO4S/c1-9-4-5-10-3-2-6-11(7)8/h6H,2-5H2,1H3,(H,7,8). The molecule has 0 amide bonds. The average Bonchev–Trinajstić information content (AvgIpc) is 1.96. The Morgan fingerprint density at radius 3 is 2.73 bits per heavy atom. The zero-order valence-corrected chi connectivity index (χ0v) is 7.23. The Morgan fingerprint density at radius 1 is 1.45 bits per heavy atom. The second-order valence-electron chi connectivity index (χ2n) is 1.75. The Balaban J connectivity index is 2.85. The van der Waals surface area contributed by atoms with Crippen molar-refractivity contribution in [2.75, 3.05) is 33.5 Å². The minimum absolute atomic E-state index is 0.368. The Kier molecular flexibility index (Phi) is 8.08. The molecule has 2 N–H and O–H groups in total. The van der Waals surface area contributed by atoms with Crippen LogP contribution in [0.2, 0.25) is 0 Å². The van der Waals surface area contributed by atoms with Gasteiger partial charge in [0.2, 0.25) is 11.3 Å². The van der Waals surface area contributed by atoms with Crippen molar-refractivity contribution in [3.05, 3.63) is 0 Å². The molecule has 0 spiro atoms. The molecule has 0 aliphatic rings. The third kappa shape index (κ3) is 9.99. The van der Waals surface area contributed by atoms with E-state index in [-0.39, 0.29) is 0 Å². The van der Waals surface area contributed by atoms with Gasteiger partial charge >= 0.3 is 0 Å². The fourth-order valence-electron chi connectivity index (χ4n) is 0.445. The lowest BCUT2D eigenvalue weighted by Crippen LogP contribution is -2.22. The van der Waals surface area contributed by atoms with E-state index in [0.29, 0.717) is 26.4 Å². The van der Waals surface area contributed by atoms with Crippen molar-refractivity contribution in [1.82, 2.24) is 4.72 Å². The molecule has 0 rings (SSSR count). The van der Waals surface area contributed by atoms with Crippen LogP contribution in [0.3, 0.4) is 0 Å². The van der Waals surface area contributed by atoms with Gasteiger partial charge in [0.1, 0.15) is 0 Å². The highest BCUT2D eigenvalue weighted by Crippen LogP contribution is 1.74. The second kappa shape index (κ2) is 8.09. The average molecular weight is 183 g/mol.